The second-order valence-electron chi connectivity index (χ2n) is 6.20. The van der Waals surface area contributed by atoms with E-state index in [2.05, 4.69) is 5.32 Å². The van der Waals surface area contributed by atoms with Crippen LogP contribution < -0.4 is 5.32 Å². The van der Waals surface area contributed by atoms with E-state index in [4.69, 9.17) is 4.74 Å². The van der Waals surface area contributed by atoms with Gasteiger partial charge in [-0.3, -0.25) is 14.4 Å². The average molecular weight is 334 g/mol. The van der Waals surface area contributed by atoms with E-state index in [1.165, 1.54) is 6.92 Å². The fourth-order valence-corrected chi connectivity index (χ4v) is 2.52. The first-order chi connectivity index (χ1) is 11.2. The lowest BCUT2D eigenvalue weighted by molar-refractivity contribution is -0.153. The van der Waals surface area contributed by atoms with Crippen LogP contribution in [0, 0.1) is 0 Å². The lowest BCUT2D eigenvalue weighted by Gasteiger charge is -2.30. The lowest BCUT2D eigenvalue weighted by Crippen LogP contribution is -2.44. The predicted octanol–water partition coefficient (Wildman–Crippen LogP) is 2.38. The van der Waals surface area contributed by atoms with Gasteiger partial charge in [0.15, 0.2) is 6.61 Å². The van der Waals surface area contributed by atoms with E-state index in [0.717, 1.165) is 5.56 Å². The normalized spacial score (nSPS) is 10.6. The predicted molar refractivity (Wildman–Crippen MR) is 92.5 cm³/mol. The van der Waals surface area contributed by atoms with Gasteiger partial charge in [-0.15, -0.1) is 0 Å². The van der Waals surface area contributed by atoms with Crippen molar-refractivity contribution in [2.75, 3.05) is 11.9 Å². The summed E-state index contributed by atoms with van der Waals surface area (Å²) in [6.45, 7) is 8.89. The summed E-state index contributed by atoms with van der Waals surface area (Å²) in [7, 11) is 0. The fraction of sp³-hybridized carbons (Fsp3) is 0.500. The Morgan fingerprint density at radius 2 is 1.58 bits per heavy atom. The van der Waals surface area contributed by atoms with Crippen molar-refractivity contribution in [3.8, 4) is 0 Å². The van der Waals surface area contributed by atoms with Crippen molar-refractivity contribution >= 4 is 23.5 Å². The standard InChI is InChI=1S/C18H26N2O4/c1-12(2)20(13(3)4)17(22)11-24-18(23)10-15-6-8-16(9-7-15)19-14(5)21/h6-9,12-13H,10-11H2,1-5H3,(H,19,21). The molecule has 0 bridgehead atoms. The van der Waals surface area contributed by atoms with E-state index >= 15 is 0 Å². The summed E-state index contributed by atoms with van der Waals surface area (Å²) < 4.78 is 5.08. The number of carbonyl (C=O) groups is 3. The second-order valence-corrected chi connectivity index (χ2v) is 6.20. The third kappa shape index (κ3) is 6.40. The number of amides is 2. The molecule has 0 aromatic heterocycles. The fourth-order valence-electron chi connectivity index (χ4n) is 2.52. The number of rotatable bonds is 7. The van der Waals surface area contributed by atoms with Crippen LogP contribution in [-0.4, -0.2) is 41.4 Å². The number of benzene rings is 1. The molecule has 0 heterocycles. The molecule has 0 aliphatic carbocycles. The van der Waals surface area contributed by atoms with E-state index in [1.54, 1.807) is 29.2 Å². The van der Waals surface area contributed by atoms with E-state index in [1.807, 2.05) is 27.7 Å². The van der Waals surface area contributed by atoms with E-state index in [0.29, 0.717) is 5.69 Å². The Balaban J connectivity index is 2.51. The number of nitrogens with zero attached hydrogens (tertiary/aromatic N) is 1. The van der Waals surface area contributed by atoms with Crippen molar-refractivity contribution in [2.24, 2.45) is 0 Å². The van der Waals surface area contributed by atoms with Crippen molar-refractivity contribution in [2.45, 2.75) is 53.1 Å². The molecule has 1 rings (SSSR count). The summed E-state index contributed by atoms with van der Waals surface area (Å²) in [6.07, 6.45) is 0.0803. The minimum atomic E-state index is -0.455. The van der Waals surface area contributed by atoms with Crippen LogP contribution in [0.1, 0.15) is 40.2 Å². The molecule has 0 aliphatic rings. The number of carbonyl (C=O) groups excluding carboxylic acids is 3. The Morgan fingerprint density at radius 3 is 2.04 bits per heavy atom. The summed E-state index contributed by atoms with van der Waals surface area (Å²) in [5.41, 5.74) is 1.42. The molecule has 132 valence electrons. The number of ether oxygens (including phenoxy) is 1. The van der Waals surface area contributed by atoms with Gasteiger partial charge in [0.25, 0.3) is 5.91 Å². The minimum absolute atomic E-state index is 0.0533. The first kappa shape index (κ1) is 19.7. The van der Waals surface area contributed by atoms with Gasteiger partial charge in [0.05, 0.1) is 6.42 Å². The van der Waals surface area contributed by atoms with Crippen LogP contribution in [0.2, 0.25) is 0 Å². The highest BCUT2D eigenvalue weighted by molar-refractivity contribution is 5.88. The quantitative estimate of drug-likeness (QED) is 0.777. The van der Waals surface area contributed by atoms with Gasteiger partial charge in [-0.2, -0.15) is 0 Å². The van der Waals surface area contributed by atoms with Crippen molar-refractivity contribution < 1.29 is 19.1 Å². The number of hydrogen-bond acceptors (Lipinski definition) is 4. The van der Waals surface area contributed by atoms with Gasteiger partial charge in [-0.25, -0.2) is 0 Å². The van der Waals surface area contributed by atoms with E-state index in [9.17, 15) is 14.4 Å². The Labute approximate surface area is 143 Å². The van der Waals surface area contributed by atoms with Crippen molar-refractivity contribution in [3.05, 3.63) is 29.8 Å². The van der Waals surface area contributed by atoms with Crippen LogP contribution in [0.15, 0.2) is 24.3 Å². The topological polar surface area (TPSA) is 75.7 Å². The number of esters is 1. The smallest absolute Gasteiger partial charge is 0.310 e. The maximum Gasteiger partial charge on any atom is 0.310 e. The Hall–Kier alpha value is -2.37. The van der Waals surface area contributed by atoms with Crippen LogP contribution in [0.4, 0.5) is 5.69 Å². The Morgan fingerprint density at radius 1 is 1.04 bits per heavy atom. The summed E-state index contributed by atoms with van der Waals surface area (Å²) in [4.78, 5) is 36.7. The summed E-state index contributed by atoms with van der Waals surface area (Å²) in [5, 5.41) is 2.65. The van der Waals surface area contributed by atoms with Crippen molar-refractivity contribution in [3.63, 3.8) is 0 Å². The highest BCUT2D eigenvalue weighted by Crippen LogP contribution is 2.11. The van der Waals surface area contributed by atoms with Gasteiger partial charge in [0.2, 0.25) is 5.91 Å². The van der Waals surface area contributed by atoms with Crippen LogP contribution in [0.5, 0.6) is 0 Å². The maximum absolute atomic E-state index is 12.1. The van der Waals surface area contributed by atoms with Crippen LogP contribution in [0.3, 0.4) is 0 Å². The molecule has 1 N–H and O–H groups in total. The zero-order valence-corrected chi connectivity index (χ0v) is 15.0. The molecule has 1 aromatic carbocycles. The average Bonchev–Trinajstić information content (AvgIpc) is 2.46. The number of nitrogens with one attached hydrogen (secondary N) is 1. The maximum atomic E-state index is 12.1. The van der Waals surface area contributed by atoms with E-state index < -0.39 is 5.97 Å². The van der Waals surface area contributed by atoms with Crippen LogP contribution in [0.25, 0.3) is 0 Å². The van der Waals surface area contributed by atoms with Gasteiger partial charge in [-0.05, 0) is 45.4 Å². The van der Waals surface area contributed by atoms with Crippen molar-refractivity contribution in [1.29, 1.82) is 0 Å². The highest BCUT2D eigenvalue weighted by Gasteiger charge is 2.21. The van der Waals surface area contributed by atoms with Gasteiger partial charge in [-0.1, -0.05) is 12.1 Å². The Bertz CT molecular complexity index is 571. The number of hydrogen-bond donors (Lipinski definition) is 1. The molecule has 0 saturated carbocycles. The van der Waals surface area contributed by atoms with Gasteiger partial charge in [0, 0.05) is 24.7 Å². The molecule has 6 nitrogen and oxygen atoms in total. The third-order valence-electron chi connectivity index (χ3n) is 3.38. The molecule has 0 unspecified atom stereocenters. The number of anilines is 1. The molecule has 0 saturated heterocycles. The zero-order chi connectivity index (χ0) is 18.3. The van der Waals surface area contributed by atoms with Crippen LogP contribution in [-0.2, 0) is 25.5 Å². The Kier molecular flexibility index (Phi) is 7.42. The van der Waals surface area contributed by atoms with Crippen molar-refractivity contribution in [1.82, 2.24) is 4.90 Å². The van der Waals surface area contributed by atoms with Gasteiger partial charge >= 0.3 is 5.97 Å². The minimum Gasteiger partial charge on any atom is -0.455 e. The third-order valence-corrected chi connectivity index (χ3v) is 3.38. The van der Waals surface area contributed by atoms with Crippen LogP contribution >= 0.6 is 0 Å². The SMILES string of the molecule is CC(=O)Nc1ccc(CC(=O)OCC(=O)N(C(C)C)C(C)C)cc1. The summed E-state index contributed by atoms with van der Waals surface area (Å²) in [5.74, 6) is -0.807. The lowest BCUT2D eigenvalue weighted by atomic mass is 10.1. The molecular formula is C18H26N2O4. The molecule has 24 heavy (non-hydrogen) atoms. The molecule has 2 amide bonds. The molecule has 0 spiro atoms. The molecule has 0 fully saturated rings. The van der Waals surface area contributed by atoms with E-state index in [-0.39, 0.29) is 36.9 Å². The second kappa shape index (κ2) is 9.05. The molecule has 6 heteroatoms. The zero-order valence-electron chi connectivity index (χ0n) is 15.0. The summed E-state index contributed by atoms with van der Waals surface area (Å²) in [6, 6.07) is 7.02. The largest absolute Gasteiger partial charge is 0.455 e. The first-order valence-electron chi connectivity index (χ1n) is 8.04. The molecular weight excluding hydrogens is 308 g/mol. The molecule has 0 atom stereocenters. The van der Waals surface area contributed by atoms with Gasteiger partial charge in [0.1, 0.15) is 0 Å². The molecule has 0 radical (unpaired) electrons. The monoisotopic (exact) mass is 334 g/mol. The first-order valence-corrected chi connectivity index (χ1v) is 8.04. The molecule has 1 aromatic rings. The highest BCUT2D eigenvalue weighted by atomic mass is 16.5. The summed E-state index contributed by atoms with van der Waals surface area (Å²) >= 11 is 0. The van der Waals surface area contributed by atoms with Gasteiger partial charge < -0.3 is 15.0 Å². The molecule has 0 aliphatic heterocycles.